The molecule has 1 aliphatic rings. The van der Waals surface area contributed by atoms with Crippen LogP contribution in [0.1, 0.15) is 28.8 Å². The van der Waals surface area contributed by atoms with Crippen molar-refractivity contribution in [3.63, 3.8) is 0 Å². The van der Waals surface area contributed by atoms with Crippen molar-refractivity contribution in [3.05, 3.63) is 96.1 Å². The van der Waals surface area contributed by atoms with Gasteiger partial charge in [-0.15, -0.1) is 11.8 Å². The van der Waals surface area contributed by atoms with E-state index in [0.717, 1.165) is 49.4 Å². The van der Waals surface area contributed by atoms with Gasteiger partial charge in [0.05, 0.1) is 6.61 Å². The maximum atomic E-state index is 12.9. The van der Waals surface area contributed by atoms with Gasteiger partial charge in [0, 0.05) is 29.3 Å². The molecule has 0 saturated carbocycles. The molecule has 0 bridgehead atoms. The number of hydrogen-bond acceptors (Lipinski definition) is 3. The Morgan fingerprint density at radius 1 is 0.871 bits per heavy atom. The van der Waals surface area contributed by atoms with Crippen LogP contribution < -0.4 is 4.74 Å². The molecule has 1 heterocycles. The summed E-state index contributed by atoms with van der Waals surface area (Å²) in [5, 5.41) is 0. The molecule has 0 unspecified atom stereocenters. The molecular weight excluding hydrogens is 402 g/mol. The van der Waals surface area contributed by atoms with Crippen LogP contribution in [0.4, 0.5) is 0 Å². The van der Waals surface area contributed by atoms with Gasteiger partial charge in [-0.05, 0) is 67.1 Å². The lowest BCUT2D eigenvalue weighted by Gasteiger charge is -2.32. The van der Waals surface area contributed by atoms with Crippen LogP contribution in [0.2, 0.25) is 0 Å². The van der Waals surface area contributed by atoms with Crippen molar-refractivity contribution < 1.29 is 9.53 Å². The van der Waals surface area contributed by atoms with E-state index >= 15 is 0 Å². The molecule has 4 heteroatoms. The summed E-state index contributed by atoms with van der Waals surface area (Å²) in [6, 6.07) is 28.6. The maximum absolute atomic E-state index is 12.9. The normalized spacial score (nSPS) is 14.4. The molecule has 0 aromatic heterocycles. The van der Waals surface area contributed by atoms with E-state index in [1.807, 2.05) is 47.4 Å². The number of carbonyl (C=O) groups is 1. The Kier molecular flexibility index (Phi) is 7.67. The lowest BCUT2D eigenvalue weighted by molar-refractivity contribution is 0.0690. The third kappa shape index (κ3) is 6.38. The average Bonchev–Trinajstić information content (AvgIpc) is 2.84. The number of nitrogens with zero attached hydrogens (tertiary/aromatic N) is 1. The molecule has 0 N–H and O–H groups in total. The Bertz CT molecular complexity index is 936. The van der Waals surface area contributed by atoms with Crippen molar-refractivity contribution >= 4 is 17.7 Å². The summed E-state index contributed by atoms with van der Waals surface area (Å²) in [4.78, 5) is 16.1. The second kappa shape index (κ2) is 11.1. The van der Waals surface area contributed by atoms with Crippen molar-refractivity contribution in [1.29, 1.82) is 0 Å². The summed E-state index contributed by atoms with van der Waals surface area (Å²) in [6.45, 7) is 2.32. The Morgan fingerprint density at radius 2 is 1.52 bits per heavy atom. The molecule has 4 rings (SSSR count). The Hall–Kier alpha value is -2.72. The average molecular weight is 432 g/mol. The number of thioether (sulfide) groups is 1. The van der Waals surface area contributed by atoms with Crippen LogP contribution in [0.25, 0.3) is 0 Å². The van der Waals surface area contributed by atoms with Gasteiger partial charge in [0.1, 0.15) is 5.75 Å². The first-order chi connectivity index (χ1) is 15.3. The number of piperidine rings is 1. The summed E-state index contributed by atoms with van der Waals surface area (Å²) in [6.07, 6.45) is 3.25. The third-order valence-corrected chi connectivity index (χ3v) is 6.71. The molecule has 0 spiro atoms. The molecule has 1 aliphatic heterocycles. The van der Waals surface area contributed by atoms with Gasteiger partial charge in [-0.1, -0.05) is 48.5 Å². The van der Waals surface area contributed by atoms with Crippen LogP contribution >= 0.6 is 11.8 Å². The third-order valence-electron chi connectivity index (χ3n) is 5.73. The van der Waals surface area contributed by atoms with E-state index in [2.05, 4.69) is 42.5 Å². The highest BCUT2D eigenvalue weighted by Crippen LogP contribution is 2.24. The second-order valence-corrected chi connectivity index (χ2v) is 9.13. The highest BCUT2D eigenvalue weighted by molar-refractivity contribution is 7.99. The minimum absolute atomic E-state index is 0.129. The Morgan fingerprint density at radius 3 is 2.19 bits per heavy atom. The fraction of sp³-hybridized carbons (Fsp3) is 0.296. The van der Waals surface area contributed by atoms with Gasteiger partial charge in [-0.3, -0.25) is 4.79 Å². The zero-order valence-corrected chi connectivity index (χ0v) is 18.6. The van der Waals surface area contributed by atoms with E-state index in [1.165, 1.54) is 10.5 Å². The SMILES string of the molecule is O=C(c1ccc(OCCSc2ccccc2)cc1)N1CCC(Cc2ccccc2)CC1. The van der Waals surface area contributed by atoms with E-state index in [4.69, 9.17) is 4.74 Å². The van der Waals surface area contributed by atoms with Crippen LogP contribution in [0.15, 0.2) is 89.8 Å². The van der Waals surface area contributed by atoms with Gasteiger partial charge in [-0.25, -0.2) is 0 Å². The molecule has 3 aromatic carbocycles. The van der Waals surface area contributed by atoms with Gasteiger partial charge in [0.25, 0.3) is 5.91 Å². The van der Waals surface area contributed by atoms with E-state index in [0.29, 0.717) is 12.5 Å². The van der Waals surface area contributed by atoms with E-state index in [-0.39, 0.29) is 5.91 Å². The van der Waals surface area contributed by atoms with Crippen molar-refractivity contribution in [2.24, 2.45) is 5.92 Å². The van der Waals surface area contributed by atoms with Crippen LogP contribution in [0.5, 0.6) is 5.75 Å². The first kappa shape index (κ1) is 21.5. The molecule has 3 aromatic rings. The first-order valence-electron chi connectivity index (χ1n) is 11.0. The quantitative estimate of drug-likeness (QED) is 0.326. The van der Waals surface area contributed by atoms with Gasteiger partial charge in [-0.2, -0.15) is 0 Å². The standard InChI is InChI=1S/C27H29NO2S/c29-27(28-17-15-23(16-18-28)21-22-7-3-1-4-8-22)24-11-13-25(14-12-24)30-19-20-31-26-9-5-2-6-10-26/h1-14,23H,15-21H2. The summed E-state index contributed by atoms with van der Waals surface area (Å²) in [5.41, 5.74) is 2.14. The minimum Gasteiger partial charge on any atom is -0.493 e. The predicted molar refractivity (Wildman–Crippen MR) is 128 cm³/mol. The van der Waals surface area contributed by atoms with Crippen molar-refractivity contribution in [2.75, 3.05) is 25.4 Å². The van der Waals surface area contributed by atoms with Crippen LogP contribution in [-0.2, 0) is 6.42 Å². The zero-order chi connectivity index (χ0) is 21.3. The molecular formula is C27H29NO2S. The van der Waals surface area contributed by atoms with E-state index < -0.39 is 0 Å². The molecule has 0 atom stereocenters. The number of ether oxygens (including phenoxy) is 1. The topological polar surface area (TPSA) is 29.5 Å². The van der Waals surface area contributed by atoms with Crippen LogP contribution in [-0.4, -0.2) is 36.3 Å². The smallest absolute Gasteiger partial charge is 0.253 e. The van der Waals surface area contributed by atoms with Gasteiger partial charge in [0.15, 0.2) is 0 Å². The number of hydrogen-bond donors (Lipinski definition) is 0. The van der Waals surface area contributed by atoms with Gasteiger partial charge < -0.3 is 9.64 Å². The molecule has 1 saturated heterocycles. The van der Waals surface area contributed by atoms with Crippen molar-refractivity contribution in [2.45, 2.75) is 24.2 Å². The summed E-state index contributed by atoms with van der Waals surface area (Å²) in [5.74, 6) is 2.50. The summed E-state index contributed by atoms with van der Waals surface area (Å²) >= 11 is 1.78. The molecule has 0 radical (unpaired) electrons. The summed E-state index contributed by atoms with van der Waals surface area (Å²) in [7, 11) is 0. The highest BCUT2D eigenvalue weighted by Gasteiger charge is 2.23. The fourth-order valence-corrected chi connectivity index (χ4v) is 4.75. The Balaban J connectivity index is 1.20. The number of amides is 1. The zero-order valence-electron chi connectivity index (χ0n) is 17.8. The molecule has 3 nitrogen and oxygen atoms in total. The van der Waals surface area contributed by atoms with E-state index in [9.17, 15) is 4.79 Å². The van der Waals surface area contributed by atoms with Gasteiger partial charge in [0.2, 0.25) is 0 Å². The van der Waals surface area contributed by atoms with Crippen LogP contribution in [0, 0.1) is 5.92 Å². The number of rotatable bonds is 8. The molecule has 160 valence electrons. The molecule has 1 amide bonds. The number of likely N-dealkylation sites (tertiary alicyclic amines) is 1. The molecule has 31 heavy (non-hydrogen) atoms. The van der Waals surface area contributed by atoms with Gasteiger partial charge >= 0.3 is 0 Å². The van der Waals surface area contributed by atoms with Crippen molar-refractivity contribution in [1.82, 2.24) is 4.90 Å². The maximum Gasteiger partial charge on any atom is 0.253 e. The number of carbonyl (C=O) groups excluding carboxylic acids is 1. The Labute approximate surface area is 189 Å². The predicted octanol–water partition coefficient (Wildman–Crippen LogP) is 5.95. The lowest BCUT2D eigenvalue weighted by atomic mass is 9.90. The lowest BCUT2D eigenvalue weighted by Crippen LogP contribution is -2.38. The number of benzene rings is 3. The fourth-order valence-electron chi connectivity index (χ4n) is 4.00. The molecule has 0 aliphatic carbocycles. The second-order valence-electron chi connectivity index (χ2n) is 7.96. The van der Waals surface area contributed by atoms with Crippen molar-refractivity contribution in [3.8, 4) is 5.75 Å². The minimum atomic E-state index is 0.129. The highest BCUT2D eigenvalue weighted by atomic mass is 32.2. The summed E-state index contributed by atoms with van der Waals surface area (Å²) < 4.78 is 5.83. The monoisotopic (exact) mass is 431 g/mol. The largest absolute Gasteiger partial charge is 0.493 e. The first-order valence-corrected chi connectivity index (χ1v) is 12.0. The molecule has 1 fully saturated rings. The van der Waals surface area contributed by atoms with Crippen LogP contribution in [0.3, 0.4) is 0 Å². The van der Waals surface area contributed by atoms with E-state index in [1.54, 1.807) is 11.8 Å².